The van der Waals surface area contributed by atoms with Crippen LogP contribution in [0.5, 0.6) is 0 Å². The van der Waals surface area contributed by atoms with Gasteiger partial charge in [-0.1, -0.05) is 89.6 Å². The minimum Gasteiger partial charge on any atom is -0.352 e. The van der Waals surface area contributed by atoms with Crippen LogP contribution in [0.2, 0.25) is 20.1 Å². The van der Waals surface area contributed by atoms with E-state index in [-0.39, 0.29) is 39.1 Å². The quantitative estimate of drug-likeness (QED) is 0.255. The van der Waals surface area contributed by atoms with Gasteiger partial charge in [0.2, 0.25) is 11.8 Å². The van der Waals surface area contributed by atoms with Gasteiger partial charge in [-0.25, -0.2) is 8.42 Å². The fraction of sp³-hybridized carbons (Fsp3) is 0.310. The van der Waals surface area contributed by atoms with Crippen LogP contribution in [0.1, 0.15) is 38.2 Å². The van der Waals surface area contributed by atoms with E-state index in [1.807, 2.05) is 0 Å². The predicted octanol–water partition coefficient (Wildman–Crippen LogP) is 6.97. The molecular weight excluding hydrogens is 628 g/mol. The Morgan fingerprint density at radius 1 is 0.878 bits per heavy atom. The van der Waals surface area contributed by atoms with Crippen LogP contribution in [0.3, 0.4) is 0 Å². The molecule has 7 nitrogen and oxygen atoms in total. The zero-order chi connectivity index (χ0) is 29.7. The van der Waals surface area contributed by atoms with E-state index >= 15 is 0 Å². The van der Waals surface area contributed by atoms with Gasteiger partial charge in [-0.2, -0.15) is 0 Å². The first-order valence-corrected chi connectivity index (χ1v) is 16.0. The van der Waals surface area contributed by atoms with Crippen molar-refractivity contribution in [3.05, 3.63) is 92.4 Å². The highest BCUT2D eigenvalue weighted by Crippen LogP contribution is 2.36. The molecule has 0 heterocycles. The van der Waals surface area contributed by atoms with Crippen molar-refractivity contribution in [1.29, 1.82) is 0 Å². The predicted molar refractivity (Wildman–Crippen MR) is 164 cm³/mol. The summed E-state index contributed by atoms with van der Waals surface area (Å²) in [5.74, 6) is -1.02. The molecule has 1 unspecified atom stereocenters. The van der Waals surface area contributed by atoms with Crippen molar-refractivity contribution < 1.29 is 18.0 Å². The van der Waals surface area contributed by atoms with Gasteiger partial charge in [0.15, 0.2) is 0 Å². The number of sulfonamides is 1. The first-order valence-electron chi connectivity index (χ1n) is 13.0. The number of carbonyl (C=O) groups is 2. The number of benzene rings is 3. The summed E-state index contributed by atoms with van der Waals surface area (Å²) in [5, 5.41) is 3.72. The molecule has 0 radical (unpaired) electrons. The van der Waals surface area contributed by atoms with E-state index in [0.29, 0.717) is 15.6 Å². The van der Waals surface area contributed by atoms with Crippen LogP contribution < -0.4 is 9.62 Å². The zero-order valence-corrected chi connectivity index (χ0v) is 26.0. The highest BCUT2D eigenvalue weighted by molar-refractivity contribution is 7.92. The summed E-state index contributed by atoms with van der Waals surface area (Å²) in [6, 6.07) is 16.2. The Balaban J connectivity index is 1.74. The lowest BCUT2D eigenvalue weighted by Gasteiger charge is -2.33. The number of carbonyl (C=O) groups excluding carboxylic acids is 2. The Bertz CT molecular complexity index is 1500. The molecule has 0 bridgehead atoms. The van der Waals surface area contributed by atoms with Gasteiger partial charge in [0, 0.05) is 28.2 Å². The number of halogens is 4. The SMILES string of the molecule is CC(C(=O)NC1CCCC1)N(Cc1c(Cl)cccc1Cl)C(=O)CN(c1cccc(Cl)c1Cl)S(=O)(=O)c1ccccc1. The molecule has 1 aliphatic carbocycles. The minimum atomic E-state index is -4.29. The van der Waals surface area contributed by atoms with E-state index in [2.05, 4.69) is 5.32 Å². The van der Waals surface area contributed by atoms with Crippen LogP contribution in [0, 0.1) is 0 Å². The summed E-state index contributed by atoms with van der Waals surface area (Å²) in [5.41, 5.74) is 0.457. The summed E-state index contributed by atoms with van der Waals surface area (Å²) in [6.07, 6.45) is 3.76. The number of anilines is 1. The van der Waals surface area contributed by atoms with E-state index in [4.69, 9.17) is 46.4 Å². The third kappa shape index (κ3) is 7.30. The zero-order valence-electron chi connectivity index (χ0n) is 22.2. The Hall–Kier alpha value is -2.49. The monoisotopic (exact) mass is 655 g/mol. The number of nitrogens with zero attached hydrogens (tertiary/aromatic N) is 2. The van der Waals surface area contributed by atoms with Crippen molar-refractivity contribution in [1.82, 2.24) is 10.2 Å². The summed E-state index contributed by atoms with van der Waals surface area (Å²) in [7, 11) is -4.29. The maximum absolute atomic E-state index is 14.1. The largest absolute Gasteiger partial charge is 0.352 e. The van der Waals surface area contributed by atoms with Gasteiger partial charge in [0.1, 0.15) is 12.6 Å². The number of amides is 2. The number of nitrogens with one attached hydrogen (secondary N) is 1. The van der Waals surface area contributed by atoms with Crippen LogP contribution in [-0.4, -0.2) is 43.8 Å². The molecule has 0 spiro atoms. The molecule has 2 amide bonds. The van der Waals surface area contributed by atoms with Crippen molar-refractivity contribution in [2.75, 3.05) is 10.8 Å². The van der Waals surface area contributed by atoms with Crippen molar-refractivity contribution in [3.8, 4) is 0 Å². The molecule has 3 aromatic rings. The van der Waals surface area contributed by atoms with Gasteiger partial charge < -0.3 is 10.2 Å². The molecule has 218 valence electrons. The third-order valence-electron chi connectivity index (χ3n) is 7.07. The second kappa shape index (κ2) is 13.7. The molecule has 3 aromatic carbocycles. The number of hydrogen-bond donors (Lipinski definition) is 1. The first kappa shape index (κ1) is 31.4. The molecule has 4 rings (SSSR count). The van der Waals surface area contributed by atoms with E-state index in [0.717, 1.165) is 30.0 Å². The van der Waals surface area contributed by atoms with E-state index in [9.17, 15) is 18.0 Å². The Morgan fingerprint density at radius 3 is 2.10 bits per heavy atom. The van der Waals surface area contributed by atoms with Crippen molar-refractivity contribution >= 4 is 73.9 Å². The summed E-state index contributed by atoms with van der Waals surface area (Å²) in [4.78, 5) is 28.7. The molecule has 12 heteroatoms. The third-order valence-corrected chi connectivity index (χ3v) is 10.4. The molecule has 1 saturated carbocycles. The molecule has 1 N–H and O–H groups in total. The average Bonchev–Trinajstić information content (AvgIpc) is 3.46. The topological polar surface area (TPSA) is 86.8 Å². The Labute approximate surface area is 260 Å². The van der Waals surface area contributed by atoms with Crippen LogP contribution >= 0.6 is 46.4 Å². The lowest BCUT2D eigenvalue weighted by atomic mass is 10.1. The number of hydrogen-bond acceptors (Lipinski definition) is 4. The summed E-state index contributed by atoms with van der Waals surface area (Å²) < 4.78 is 28.7. The van der Waals surface area contributed by atoms with Gasteiger partial charge in [-0.05, 0) is 56.2 Å². The summed E-state index contributed by atoms with van der Waals surface area (Å²) in [6.45, 7) is 0.800. The van der Waals surface area contributed by atoms with Gasteiger partial charge in [-0.3, -0.25) is 13.9 Å². The Kier molecular flexibility index (Phi) is 10.5. The molecule has 0 aromatic heterocycles. The molecular formula is C29H29Cl4N3O4S. The fourth-order valence-electron chi connectivity index (χ4n) is 4.75. The van der Waals surface area contributed by atoms with Crippen LogP contribution in [0.25, 0.3) is 0 Å². The van der Waals surface area contributed by atoms with Crippen LogP contribution in [0.15, 0.2) is 71.6 Å². The fourth-order valence-corrected chi connectivity index (χ4v) is 7.16. The maximum Gasteiger partial charge on any atom is 0.264 e. The smallest absolute Gasteiger partial charge is 0.264 e. The molecule has 0 aliphatic heterocycles. The van der Waals surface area contributed by atoms with Gasteiger partial charge in [-0.15, -0.1) is 0 Å². The Morgan fingerprint density at radius 2 is 1.46 bits per heavy atom. The van der Waals surface area contributed by atoms with Crippen LogP contribution in [0.4, 0.5) is 5.69 Å². The molecule has 1 aliphatic rings. The number of rotatable bonds is 10. The molecule has 41 heavy (non-hydrogen) atoms. The van der Waals surface area contributed by atoms with E-state index < -0.39 is 28.5 Å². The normalized spacial score (nSPS) is 14.5. The van der Waals surface area contributed by atoms with E-state index in [1.165, 1.54) is 29.2 Å². The van der Waals surface area contributed by atoms with Gasteiger partial charge in [0.05, 0.1) is 20.6 Å². The minimum absolute atomic E-state index is 0.0195. The van der Waals surface area contributed by atoms with Crippen molar-refractivity contribution in [3.63, 3.8) is 0 Å². The molecule has 0 saturated heterocycles. The lowest BCUT2D eigenvalue weighted by Crippen LogP contribution is -2.52. The standard InChI is InChI=1S/C29H29Cl4N3O4S/c1-19(29(38)34-20-9-5-6-10-20)35(17-22-23(30)13-7-14-24(22)31)27(37)18-36(26-16-8-15-25(32)28(26)33)41(39,40)21-11-3-2-4-12-21/h2-4,7-8,11-16,19-20H,5-6,9-10,17-18H2,1H3,(H,34,38). The molecule has 1 fully saturated rings. The van der Waals surface area contributed by atoms with E-state index in [1.54, 1.807) is 49.4 Å². The van der Waals surface area contributed by atoms with Crippen molar-refractivity contribution in [2.45, 2.75) is 56.1 Å². The van der Waals surface area contributed by atoms with Gasteiger partial charge in [0.25, 0.3) is 10.0 Å². The van der Waals surface area contributed by atoms with Gasteiger partial charge >= 0.3 is 0 Å². The highest BCUT2D eigenvalue weighted by atomic mass is 35.5. The van der Waals surface area contributed by atoms with Crippen molar-refractivity contribution in [2.24, 2.45) is 0 Å². The maximum atomic E-state index is 14.1. The van der Waals surface area contributed by atoms with Crippen LogP contribution in [-0.2, 0) is 26.2 Å². The second-order valence-corrected chi connectivity index (χ2v) is 13.2. The second-order valence-electron chi connectivity index (χ2n) is 9.79. The molecule has 1 atom stereocenters. The lowest BCUT2D eigenvalue weighted by molar-refractivity contribution is -0.139. The summed E-state index contributed by atoms with van der Waals surface area (Å²) >= 11 is 25.6. The first-order chi connectivity index (χ1) is 19.5. The average molecular weight is 657 g/mol. The highest BCUT2D eigenvalue weighted by Gasteiger charge is 2.34.